The molecule has 0 amide bonds. The van der Waals surface area contributed by atoms with E-state index in [4.69, 9.17) is 16.3 Å². The molecule has 112 valence electrons. The van der Waals surface area contributed by atoms with Crippen molar-refractivity contribution in [3.8, 4) is 5.75 Å². The van der Waals surface area contributed by atoms with Crippen molar-refractivity contribution >= 4 is 33.2 Å². The van der Waals surface area contributed by atoms with E-state index in [9.17, 15) is 4.39 Å². The molecule has 0 heterocycles. The molecular formula is C16H16BrClFNO. The molecule has 0 unspecified atom stereocenters. The normalized spacial score (nSPS) is 10.5. The summed E-state index contributed by atoms with van der Waals surface area (Å²) in [6.45, 7) is 3.39. The summed E-state index contributed by atoms with van der Waals surface area (Å²) in [7, 11) is 0. The standard InChI is InChI=1S/C16H16BrClFNO/c1-2-7-21-13-5-3-11(4-6-13)10-20-16-14(17)8-12(19)9-15(16)18/h3-6,8-9,20H,2,7,10H2,1H3. The van der Waals surface area contributed by atoms with Gasteiger partial charge in [-0.25, -0.2) is 4.39 Å². The van der Waals surface area contributed by atoms with Crippen LogP contribution in [0.5, 0.6) is 5.75 Å². The number of halogens is 3. The van der Waals surface area contributed by atoms with Crippen molar-refractivity contribution in [3.63, 3.8) is 0 Å². The predicted molar refractivity (Wildman–Crippen MR) is 88.7 cm³/mol. The molecule has 0 spiro atoms. The summed E-state index contributed by atoms with van der Waals surface area (Å²) in [5.41, 5.74) is 1.77. The summed E-state index contributed by atoms with van der Waals surface area (Å²) in [4.78, 5) is 0. The summed E-state index contributed by atoms with van der Waals surface area (Å²) >= 11 is 9.34. The topological polar surface area (TPSA) is 21.3 Å². The lowest BCUT2D eigenvalue weighted by Gasteiger charge is -2.11. The summed E-state index contributed by atoms with van der Waals surface area (Å²) in [5.74, 6) is 0.497. The molecule has 2 rings (SSSR count). The van der Waals surface area contributed by atoms with Gasteiger partial charge in [0.25, 0.3) is 0 Å². The second-order valence-corrected chi connectivity index (χ2v) is 5.85. The molecule has 21 heavy (non-hydrogen) atoms. The van der Waals surface area contributed by atoms with E-state index >= 15 is 0 Å². The molecule has 2 nitrogen and oxygen atoms in total. The van der Waals surface area contributed by atoms with Crippen LogP contribution in [-0.2, 0) is 6.54 Å². The number of hydrogen-bond acceptors (Lipinski definition) is 2. The van der Waals surface area contributed by atoms with Crippen LogP contribution in [0.25, 0.3) is 0 Å². The van der Waals surface area contributed by atoms with E-state index in [0.29, 0.717) is 21.7 Å². The van der Waals surface area contributed by atoms with Crippen LogP contribution in [0.2, 0.25) is 5.02 Å². The van der Waals surface area contributed by atoms with E-state index in [-0.39, 0.29) is 5.82 Å². The molecule has 0 aliphatic heterocycles. The van der Waals surface area contributed by atoms with Gasteiger partial charge < -0.3 is 10.1 Å². The molecule has 0 aliphatic rings. The highest BCUT2D eigenvalue weighted by Gasteiger charge is 2.07. The molecule has 0 aliphatic carbocycles. The first-order valence-electron chi connectivity index (χ1n) is 6.70. The number of nitrogens with one attached hydrogen (secondary N) is 1. The van der Waals surface area contributed by atoms with Gasteiger partial charge in [0.2, 0.25) is 0 Å². The third-order valence-electron chi connectivity index (χ3n) is 2.87. The minimum atomic E-state index is -0.366. The summed E-state index contributed by atoms with van der Waals surface area (Å²) in [6, 6.07) is 10.5. The first kappa shape index (κ1) is 16.1. The highest BCUT2D eigenvalue weighted by molar-refractivity contribution is 9.10. The average molecular weight is 373 g/mol. The Balaban J connectivity index is 2.00. The van der Waals surface area contributed by atoms with Crippen molar-refractivity contribution in [2.24, 2.45) is 0 Å². The van der Waals surface area contributed by atoms with Gasteiger partial charge >= 0.3 is 0 Å². The summed E-state index contributed by atoms with van der Waals surface area (Å²) < 4.78 is 19.3. The quantitative estimate of drug-likeness (QED) is 0.708. The molecular weight excluding hydrogens is 357 g/mol. The van der Waals surface area contributed by atoms with Crippen LogP contribution in [-0.4, -0.2) is 6.61 Å². The Labute approximate surface area is 137 Å². The predicted octanol–water partition coefficient (Wildman–Crippen LogP) is 5.64. The first-order valence-corrected chi connectivity index (χ1v) is 7.87. The van der Waals surface area contributed by atoms with Gasteiger partial charge in [0, 0.05) is 11.0 Å². The highest BCUT2D eigenvalue weighted by Crippen LogP contribution is 2.32. The third-order valence-corrected chi connectivity index (χ3v) is 3.80. The summed E-state index contributed by atoms with van der Waals surface area (Å²) in [6.07, 6.45) is 0.987. The van der Waals surface area contributed by atoms with E-state index in [1.165, 1.54) is 12.1 Å². The van der Waals surface area contributed by atoms with Crippen molar-refractivity contribution in [2.75, 3.05) is 11.9 Å². The van der Waals surface area contributed by atoms with Crippen LogP contribution in [0.4, 0.5) is 10.1 Å². The van der Waals surface area contributed by atoms with Gasteiger partial charge in [-0.05, 0) is 52.2 Å². The highest BCUT2D eigenvalue weighted by atomic mass is 79.9. The molecule has 0 aromatic heterocycles. The van der Waals surface area contributed by atoms with Crippen molar-refractivity contribution in [2.45, 2.75) is 19.9 Å². The van der Waals surface area contributed by atoms with Gasteiger partial charge in [0.05, 0.1) is 17.3 Å². The minimum Gasteiger partial charge on any atom is -0.494 e. The molecule has 2 aromatic rings. The van der Waals surface area contributed by atoms with E-state index in [0.717, 1.165) is 24.3 Å². The minimum absolute atomic E-state index is 0.352. The number of ether oxygens (including phenoxy) is 1. The number of rotatable bonds is 6. The van der Waals surface area contributed by atoms with Gasteiger partial charge in [-0.2, -0.15) is 0 Å². The number of anilines is 1. The van der Waals surface area contributed by atoms with Crippen molar-refractivity contribution in [1.82, 2.24) is 0 Å². The lowest BCUT2D eigenvalue weighted by Crippen LogP contribution is -2.01. The molecule has 0 saturated heterocycles. The lowest BCUT2D eigenvalue weighted by atomic mass is 10.2. The van der Waals surface area contributed by atoms with E-state index < -0.39 is 0 Å². The molecule has 0 fully saturated rings. The van der Waals surface area contributed by atoms with Gasteiger partial charge in [0.1, 0.15) is 11.6 Å². The molecule has 0 saturated carbocycles. The Morgan fingerprint density at radius 3 is 2.57 bits per heavy atom. The fraction of sp³-hybridized carbons (Fsp3) is 0.250. The number of benzene rings is 2. The molecule has 0 bridgehead atoms. The maximum Gasteiger partial charge on any atom is 0.125 e. The molecule has 5 heteroatoms. The fourth-order valence-electron chi connectivity index (χ4n) is 1.82. The van der Waals surface area contributed by atoms with Crippen LogP contribution in [0.1, 0.15) is 18.9 Å². The van der Waals surface area contributed by atoms with E-state index in [1.807, 2.05) is 24.3 Å². The Bertz CT molecular complexity index is 581. The molecule has 2 aromatic carbocycles. The Kier molecular flexibility index (Phi) is 5.88. The zero-order valence-electron chi connectivity index (χ0n) is 11.6. The fourth-order valence-corrected chi connectivity index (χ4v) is 2.78. The Morgan fingerprint density at radius 2 is 1.95 bits per heavy atom. The zero-order chi connectivity index (χ0) is 15.2. The summed E-state index contributed by atoms with van der Waals surface area (Å²) in [5, 5.41) is 3.55. The van der Waals surface area contributed by atoms with E-state index in [1.54, 1.807) is 0 Å². The van der Waals surface area contributed by atoms with Gasteiger partial charge in [-0.1, -0.05) is 30.7 Å². The van der Waals surface area contributed by atoms with Crippen LogP contribution in [0, 0.1) is 5.82 Å². The van der Waals surface area contributed by atoms with Crippen LogP contribution in [0.15, 0.2) is 40.9 Å². The average Bonchev–Trinajstić information content (AvgIpc) is 2.45. The lowest BCUT2D eigenvalue weighted by molar-refractivity contribution is 0.317. The second-order valence-electron chi connectivity index (χ2n) is 4.59. The molecule has 0 atom stereocenters. The van der Waals surface area contributed by atoms with Crippen molar-refractivity contribution < 1.29 is 9.13 Å². The monoisotopic (exact) mass is 371 g/mol. The SMILES string of the molecule is CCCOc1ccc(CNc2c(Cl)cc(F)cc2Br)cc1. The maximum absolute atomic E-state index is 13.2. The smallest absolute Gasteiger partial charge is 0.125 e. The van der Waals surface area contributed by atoms with Crippen molar-refractivity contribution in [3.05, 3.63) is 57.3 Å². The van der Waals surface area contributed by atoms with Crippen LogP contribution < -0.4 is 10.1 Å². The Morgan fingerprint density at radius 1 is 1.24 bits per heavy atom. The number of hydrogen-bond donors (Lipinski definition) is 1. The second kappa shape index (κ2) is 7.66. The van der Waals surface area contributed by atoms with Gasteiger partial charge in [-0.15, -0.1) is 0 Å². The zero-order valence-corrected chi connectivity index (χ0v) is 14.0. The Hall–Kier alpha value is -1.26. The van der Waals surface area contributed by atoms with Crippen LogP contribution >= 0.6 is 27.5 Å². The van der Waals surface area contributed by atoms with E-state index in [2.05, 4.69) is 28.2 Å². The molecule has 1 N–H and O–H groups in total. The molecule has 0 radical (unpaired) electrons. The first-order chi connectivity index (χ1) is 10.1. The largest absolute Gasteiger partial charge is 0.494 e. The van der Waals surface area contributed by atoms with Gasteiger partial charge in [0.15, 0.2) is 0 Å². The maximum atomic E-state index is 13.2. The third kappa shape index (κ3) is 4.61. The van der Waals surface area contributed by atoms with Crippen molar-refractivity contribution in [1.29, 1.82) is 0 Å². The van der Waals surface area contributed by atoms with Gasteiger partial charge in [-0.3, -0.25) is 0 Å². The van der Waals surface area contributed by atoms with Crippen LogP contribution in [0.3, 0.4) is 0 Å².